The Labute approximate surface area is 119 Å². The van der Waals surface area contributed by atoms with E-state index in [9.17, 15) is 0 Å². The van der Waals surface area contributed by atoms with Crippen molar-refractivity contribution in [3.63, 3.8) is 0 Å². The van der Waals surface area contributed by atoms with Crippen LogP contribution in [0.3, 0.4) is 0 Å². The van der Waals surface area contributed by atoms with E-state index in [-0.39, 0.29) is 0 Å². The Hall–Kier alpha value is -1.91. The van der Waals surface area contributed by atoms with Gasteiger partial charge in [0, 0.05) is 21.5 Å². The summed E-state index contributed by atoms with van der Waals surface area (Å²) in [6, 6.07) is 11.3. The first-order valence-corrected chi connectivity index (χ1v) is 6.88. The number of hydrogen-bond acceptors (Lipinski definition) is 4. The molecule has 0 saturated heterocycles. The van der Waals surface area contributed by atoms with Crippen molar-refractivity contribution in [2.24, 2.45) is 0 Å². The second kappa shape index (κ2) is 5.38. The van der Waals surface area contributed by atoms with Gasteiger partial charge in [-0.05, 0) is 41.8 Å². The van der Waals surface area contributed by atoms with E-state index in [2.05, 4.69) is 10.2 Å². The largest absolute Gasteiger partial charge is 0.417 e. The van der Waals surface area contributed by atoms with E-state index in [0.717, 1.165) is 10.4 Å². The number of thiophene rings is 1. The van der Waals surface area contributed by atoms with Crippen LogP contribution in [-0.2, 0) is 0 Å². The van der Waals surface area contributed by atoms with Gasteiger partial charge in [0.15, 0.2) is 0 Å². The summed E-state index contributed by atoms with van der Waals surface area (Å²) in [6.07, 6.45) is 3.75. The van der Waals surface area contributed by atoms with E-state index in [4.69, 9.17) is 16.0 Å². The van der Waals surface area contributed by atoms with E-state index in [1.165, 1.54) is 0 Å². The molecule has 0 amide bonds. The van der Waals surface area contributed by atoms with Crippen LogP contribution in [0.15, 0.2) is 46.2 Å². The van der Waals surface area contributed by atoms with Crippen LogP contribution in [0.5, 0.6) is 0 Å². The summed E-state index contributed by atoms with van der Waals surface area (Å²) < 4.78 is 5.56. The molecule has 0 aliphatic heterocycles. The third-order valence-corrected chi connectivity index (χ3v) is 3.55. The first-order chi connectivity index (χ1) is 9.31. The highest BCUT2D eigenvalue weighted by molar-refractivity contribution is 7.10. The lowest BCUT2D eigenvalue weighted by molar-refractivity contribution is 0.558. The minimum Gasteiger partial charge on any atom is -0.417 e. The third-order valence-electron chi connectivity index (χ3n) is 2.47. The van der Waals surface area contributed by atoms with Gasteiger partial charge in [0.2, 0.25) is 11.8 Å². The minimum atomic E-state index is 0.485. The smallest absolute Gasteiger partial charge is 0.248 e. The van der Waals surface area contributed by atoms with Crippen LogP contribution in [0.25, 0.3) is 23.6 Å². The summed E-state index contributed by atoms with van der Waals surface area (Å²) in [5.41, 5.74) is 0.854. The van der Waals surface area contributed by atoms with Crippen molar-refractivity contribution in [2.75, 3.05) is 0 Å². The van der Waals surface area contributed by atoms with Gasteiger partial charge in [-0.1, -0.05) is 17.7 Å². The highest BCUT2D eigenvalue weighted by Gasteiger charge is 2.06. The van der Waals surface area contributed by atoms with E-state index in [1.54, 1.807) is 29.5 Å². The van der Waals surface area contributed by atoms with Gasteiger partial charge in [-0.25, -0.2) is 0 Å². The zero-order valence-corrected chi connectivity index (χ0v) is 11.4. The van der Waals surface area contributed by atoms with Gasteiger partial charge in [0.1, 0.15) is 0 Å². The van der Waals surface area contributed by atoms with Crippen molar-refractivity contribution in [2.45, 2.75) is 0 Å². The van der Waals surface area contributed by atoms with Crippen molar-refractivity contribution in [1.82, 2.24) is 10.2 Å². The molecule has 0 saturated carbocycles. The Morgan fingerprint density at radius 2 is 1.89 bits per heavy atom. The lowest BCUT2D eigenvalue weighted by Crippen LogP contribution is -1.76. The predicted molar refractivity (Wildman–Crippen MR) is 78.0 cm³/mol. The summed E-state index contributed by atoms with van der Waals surface area (Å²) in [5.74, 6) is 0.973. The minimum absolute atomic E-state index is 0.485. The van der Waals surface area contributed by atoms with Crippen molar-refractivity contribution < 1.29 is 4.42 Å². The molecule has 0 aliphatic rings. The van der Waals surface area contributed by atoms with Crippen LogP contribution in [-0.4, -0.2) is 10.2 Å². The summed E-state index contributed by atoms with van der Waals surface area (Å²) in [6.45, 7) is 0. The Balaban J connectivity index is 1.81. The van der Waals surface area contributed by atoms with Gasteiger partial charge >= 0.3 is 0 Å². The number of rotatable bonds is 3. The second-order valence-corrected chi connectivity index (χ2v) is 5.22. The molecule has 0 atom stereocenters. The van der Waals surface area contributed by atoms with E-state index in [1.807, 2.05) is 35.7 Å². The maximum absolute atomic E-state index is 5.83. The molecule has 3 aromatic rings. The molecule has 19 heavy (non-hydrogen) atoms. The molecule has 2 heterocycles. The summed E-state index contributed by atoms with van der Waals surface area (Å²) in [5, 5.41) is 10.7. The van der Waals surface area contributed by atoms with Gasteiger partial charge < -0.3 is 4.42 Å². The Bertz CT molecular complexity index is 687. The molecule has 0 radical (unpaired) electrons. The molecule has 3 rings (SSSR count). The number of halogens is 1. The highest BCUT2D eigenvalue weighted by atomic mass is 35.5. The standard InChI is InChI=1S/C14H9ClN2OS/c15-11-5-3-10(4-6-11)14-17-16-13(18-14)8-7-12-2-1-9-19-12/h1-9H/b8-7+. The third kappa shape index (κ3) is 2.92. The predicted octanol–water partition coefficient (Wildman–Crippen LogP) is 4.62. The number of nitrogens with zero attached hydrogens (tertiary/aromatic N) is 2. The molecule has 3 nitrogen and oxygen atoms in total. The van der Waals surface area contributed by atoms with E-state index >= 15 is 0 Å². The molecular formula is C14H9ClN2OS. The lowest BCUT2D eigenvalue weighted by Gasteiger charge is -1.93. The van der Waals surface area contributed by atoms with Gasteiger partial charge in [-0.3, -0.25) is 0 Å². The summed E-state index contributed by atoms with van der Waals surface area (Å²) in [7, 11) is 0. The van der Waals surface area contributed by atoms with Gasteiger partial charge in [0.05, 0.1) is 0 Å². The van der Waals surface area contributed by atoms with Crippen LogP contribution in [0.1, 0.15) is 10.8 Å². The van der Waals surface area contributed by atoms with Gasteiger partial charge in [-0.2, -0.15) is 0 Å². The molecule has 5 heteroatoms. The van der Waals surface area contributed by atoms with Crippen LogP contribution in [0.4, 0.5) is 0 Å². The van der Waals surface area contributed by atoms with Crippen molar-refractivity contribution in [3.05, 3.63) is 57.6 Å². The second-order valence-electron chi connectivity index (χ2n) is 3.80. The van der Waals surface area contributed by atoms with Crippen LogP contribution in [0, 0.1) is 0 Å². The molecule has 0 aliphatic carbocycles. The average molecular weight is 289 g/mol. The Morgan fingerprint density at radius 3 is 2.63 bits per heavy atom. The van der Waals surface area contributed by atoms with Crippen LogP contribution < -0.4 is 0 Å². The van der Waals surface area contributed by atoms with Crippen LogP contribution >= 0.6 is 22.9 Å². The summed E-state index contributed by atoms with van der Waals surface area (Å²) in [4.78, 5) is 1.14. The molecule has 94 valence electrons. The van der Waals surface area contributed by atoms with Gasteiger partial charge in [-0.15, -0.1) is 21.5 Å². The van der Waals surface area contributed by atoms with Crippen molar-refractivity contribution >= 4 is 35.1 Å². The quantitative estimate of drug-likeness (QED) is 0.706. The van der Waals surface area contributed by atoms with E-state index in [0.29, 0.717) is 16.8 Å². The average Bonchev–Trinajstić information content (AvgIpc) is 3.09. The molecule has 0 unspecified atom stereocenters. The molecular weight excluding hydrogens is 280 g/mol. The molecule has 0 N–H and O–H groups in total. The summed E-state index contributed by atoms with van der Waals surface area (Å²) >= 11 is 7.49. The first kappa shape index (κ1) is 12.1. The molecule has 0 spiro atoms. The van der Waals surface area contributed by atoms with Crippen LogP contribution in [0.2, 0.25) is 5.02 Å². The lowest BCUT2D eigenvalue weighted by atomic mass is 10.2. The van der Waals surface area contributed by atoms with E-state index < -0.39 is 0 Å². The van der Waals surface area contributed by atoms with Gasteiger partial charge in [0.25, 0.3) is 0 Å². The normalized spacial score (nSPS) is 11.2. The number of benzene rings is 1. The fourth-order valence-corrected chi connectivity index (χ4v) is 2.29. The zero-order valence-electron chi connectivity index (χ0n) is 9.79. The molecule has 0 bridgehead atoms. The topological polar surface area (TPSA) is 38.9 Å². The number of hydrogen-bond donors (Lipinski definition) is 0. The maximum atomic E-state index is 5.83. The molecule has 1 aromatic carbocycles. The SMILES string of the molecule is Clc1ccc(-c2nnc(/C=C/c3cccs3)o2)cc1. The zero-order chi connectivity index (χ0) is 13.1. The number of aromatic nitrogens is 2. The molecule has 0 fully saturated rings. The fraction of sp³-hybridized carbons (Fsp3) is 0. The fourth-order valence-electron chi connectivity index (χ4n) is 1.55. The van der Waals surface area contributed by atoms with Crippen molar-refractivity contribution in [1.29, 1.82) is 0 Å². The highest BCUT2D eigenvalue weighted by Crippen LogP contribution is 2.21. The molecule has 2 aromatic heterocycles. The first-order valence-electron chi connectivity index (χ1n) is 5.62. The monoisotopic (exact) mass is 288 g/mol. The Morgan fingerprint density at radius 1 is 1.05 bits per heavy atom. The Kier molecular flexibility index (Phi) is 3.44. The van der Waals surface area contributed by atoms with Crippen molar-refractivity contribution in [3.8, 4) is 11.5 Å². The maximum Gasteiger partial charge on any atom is 0.248 e.